The van der Waals surface area contributed by atoms with Crippen LogP contribution in [-0.2, 0) is 4.79 Å². The third kappa shape index (κ3) is 3.64. The number of amides is 4. The molecule has 32 heavy (non-hydrogen) atoms. The van der Waals surface area contributed by atoms with Gasteiger partial charge in [0.15, 0.2) is 0 Å². The average molecular weight is 449 g/mol. The molecule has 8 heteroatoms. The standard InChI is InChI=1S/C24H24N4O3S/c29-21(25-12-6-13-28-22(30)24(27-23(28)31)10-3-4-11-24)17-15-19(20-9-5-14-32-20)26-18-8-2-1-7-16(17)18/h1-2,5,7-9,14-15H,3-4,6,10-13H2,(H,25,29)(H,27,31). The summed E-state index contributed by atoms with van der Waals surface area (Å²) in [4.78, 5) is 45.0. The van der Waals surface area contributed by atoms with E-state index in [1.807, 2.05) is 47.8 Å². The molecule has 2 fully saturated rings. The number of benzene rings is 1. The molecule has 0 unspecified atom stereocenters. The molecule has 0 radical (unpaired) electrons. The first-order valence-corrected chi connectivity index (χ1v) is 11.8. The maximum absolute atomic E-state index is 13.0. The van der Waals surface area contributed by atoms with Gasteiger partial charge in [-0.2, -0.15) is 0 Å². The highest BCUT2D eigenvalue weighted by atomic mass is 32.1. The highest BCUT2D eigenvalue weighted by Crippen LogP contribution is 2.35. The number of hydrogen-bond donors (Lipinski definition) is 2. The number of urea groups is 1. The van der Waals surface area contributed by atoms with Crippen molar-refractivity contribution in [1.82, 2.24) is 20.5 Å². The topological polar surface area (TPSA) is 91.4 Å². The largest absolute Gasteiger partial charge is 0.352 e. The Morgan fingerprint density at radius 2 is 1.97 bits per heavy atom. The van der Waals surface area contributed by atoms with Crippen molar-refractivity contribution in [2.24, 2.45) is 0 Å². The predicted molar refractivity (Wildman–Crippen MR) is 123 cm³/mol. The third-order valence-electron chi connectivity index (χ3n) is 6.28. The summed E-state index contributed by atoms with van der Waals surface area (Å²) < 4.78 is 0. The minimum Gasteiger partial charge on any atom is -0.352 e. The highest BCUT2D eigenvalue weighted by Gasteiger charge is 2.51. The van der Waals surface area contributed by atoms with Crippen LogP contribution in [0.1, 0.15) is 42.5 Å². The van der Waals surface area contributed by atoms with Gasteiger partial charge in [0.25, 0.3) is 11.8 Å². The van der Waals surface area contributed by atoms with E-state index >= 15 is 0 Å². The second-order valence-corrected chi connectivity index (χ2v) is 9.28. The molecule has 2 aromatic heterocycles. The number of carbonyl (C=O) groups is 3. The molecule has 5 rings (SSSR count). The van der Waals surface area contributed by atoms with Crippen molar-refractivity contribution in [3.63, 3.8) is 0 Å². The molecule has 2 aliphatic rings. The van der Waals surface area contributed by atoms with Crippen LogP contribution in [0.25, 0.3) is 21.5 Å². The lowest BCUT2D eigenvalue weighted by Gasteiger charge is -2.20. The van der Waals surface area contributed by atoms with Crippen LogP contribution in [-0.4, -0.2) is 46.4 Å². The predicted octanol–water partition coefficient (Wildman–Crippen LogP) is 3.95. The van der Waals surface area contributed by atoms with E-state index < -0.39 is 5.54 Å². The van der Waals surface area contributed by atoms with E-state index in [1.54, 1.807) is 11.3 Å². The van der Waals surface area contributed by atoms with Gasteiger partial charge in [0.1, 0.15) is 5.54 Å². The van der Waals surface area contributed by atoms with Crippen LogP contribution in [0.5, 0.6) is 0 Å². The summed E-state index contributed by atoms with van der Waals surface area (Å²) in [5, 5.41) is 8.61. The van der Waals surface area contributed by atoms with Gasteiger partial charge in [0, 0.05) is 18.5 Å². The van der Waals surface area contributed by atoms with Crippen LogP contribution in [0.4, 0.5) is 4.79 Å². The van der Waals surface area contributed by atoms with Gasteiger partial charge in [0.05, 0.1) is 21.7 Å². The summed E-state index contributed by atoms with van der Waals surface area (Å²) in [5.41, 5.74) is 1.42. The van der Waals surface area contributed by atoms with E-state index in [4.69, 9.17) is 4.98 Å². The molecule has 1 saturated carbocycles. The minimum atomic E-state index is -0.686. The SMILES string of the molecule is O=C(NCCCN1C(=O)NC2(CCCC2)C1=O)c1cc(-c2cccs2)nc2ccccc12. The summed E-state index contributed by atoms with van der Waals surface area (Å²) in [7, 11) is 0. The normalized spacial score (nSPS) is 17.3. The molecule has 7 nitrogen and oxygen atoms in total. The summed E-state index contributed by atoms with van der Waals surface area (Å²) in [6, 6.07) is 13.0. The minimum absolute atomic E-state index is 0.118. The van der Waals surface area contributed by atoms with E-state index in [0.29, 0.717) is 37.9 Å². The van der Waals surface area contributed by atoms with Crippen molar-refractivity contribution in [2.45, 2.75) is 37.6 Å². The molecular formula is C24H24N4O3S. The number of para-hydroxylation sites is 1. The van der Waals surface area contributed by atoms with E-state index in [9.17, 15) is 14.4 Å². The van der Waals surface area contributed by atoms with E-state index in [2.05, 4.69) is 10.6 Å². The molecule has 1 aromatic carbocycles. The number of pyridine rings is 1. The van der Waals surface area contributed by atoms with Gasteiger partial charge in [-0.05, 0) is 42.8 Å². The van der Waals surface area contributed by atoms with Crippen molar-refractivity contribution >= 4 is 40.1 Å². The first-order valence-electron chi connectivity index (χ1n) is 10.9. The Morgan fingerprint density at radius 1 is 1.16 bits per heavy atom. The lowest BCUT2D eigenvalue weighted by Crippen LogP contribution is -2.44. The maximum atomic E-state index is 13.0. The van der Waals surface area contributed by atoms with Gasteiger partial charge in [-0.3, -0.25) is 14.5 Å². The Hall–Kier alpha value is -3.26. The Balaban J connectivity index is 1.26. The van der Waals surface area contributed by atoms with E-state index in [1.165, 1.54) is 4.90 Å². The second-order valence-electron chi connectivity index (χ2n) is 8.34. The molecule has 1 saturated heterocycles. The Labute approximate surface area is 189 Å². The van der Waals surface area contributed by atoms with Crippen LogP contribution in [0.3, 0.4) is 0 Å². The highest BCUT2D eigenvalue weighted by molar-refractivity contribution is 7.13. The number of thiophene rings is 1. The van der Waals surface area contributed by atoms with Gasteiger partial charge < -0.3 is 10.6 Å². The van der Waals surface area contributed by atoms with E-state index in [0.717, 1.165) is 34.3 Å². The van der Waals surface area contributed by atoms with Gasteiger partial charge in [0.2, 0.25) is 0 Å². The molecule has 1 spiro atoms. The van der Waals surface area contributed by atoms with Crippen LogP contribution in [0.15, 0.2) is 47.8 Å². The lowest BCUT2D eigenvalue weighted by atomic mass is 9.98. The fraction of sp³-hybridized carbons (Fsp3) is 0.333. The van der Waals surface area contributed by atoms with Crippen LogP contribution in [0.2, 0.25) is 0 Å². The fourth-order valence-electron chi connectivity index (χ4n) is 4.64. The summed E-state index contributed by atoms with van der Waals surface area (Å²) in [6.45, 7) is 0.665. The van der Waals surface area contributed by atoms with Crippen LogP contribution >= 0.6 is 11.3 Å². The Morgan fingerprint density at radius 3 is 2.75 bits per heavy atom. The number of aromatic nitrogens is 1. The fourth-order valence-corrected chi connectivity index (χ4v) is 5.33. The molecule has 0 atom stereocenters. The van der Waals surface area contributed by atoms with Gasteiger partial charge in [-0.15, -0.1) is 11.3 Å². The van der Waals surface area contributed by atoms with E-state index in [-0.39, 0.29) is 17.8 Å². The molecular weight excluding hydrogens is 424 g/mol. The van der Waals surface area contributed by atoms with Gasteiger partial charge in [-0.1, -0.05) is 37.1 Å². The quantitative estimate of drug-likeness (QED) is 0.441. The van der Waals surface area contributed by atoms with Gasteiger partial charge in [-0.25, -0.2) is 9.78 Å². The van der Waals surface area contributed by atoms with Crippen molar-refractivity contribution in [3.8, 4) is 10.6 Å². The molecule has 1 aliphatic carbocycles. The Kier molecular flexibility index (Phi) is 5.38. The molecule has 0 bridgehead atoms. The number of carbonyl (C=O) groups excluding carboxylic acids is 3. The summed E-state index contributed by atoms with van der Waals surface area (Å²) in [6.07, 6.45) is 3.85. The summed E-state index contributed by atoms with van der Waals surface area (Å²) in [5.74, 6) is -0.307. The first-order chi connectivity index (χ1) is 15.6. The Bertz CT molecular complexity index is 1190. The number of fused-ring (bicyclic) bond motifs is 1. The van der Waals surface area contributed by atoms with Crippen LogP contribution in [0, 0.1) is 0 Å². The molecule has 3 heterocycles. The number of hydrogen-bond acceptors (Lipinski definition) is 5. The zero-order valence-corrected chi connectivity index (χ0v) is 18.4. The number of nitrogens with zero attached hydrogens (tertiary/aromatic N) is 2. The number of imide groups is 1. The smallest absolute Gasteiger partial charge is 0.325 e. The maximum Gasteiger partial charge on any atom is 0.325 e. The second kappa shape index (κ2) is 8.35. The van der Waals surface area contributed by atoms with Crippen molar-refractivity contribution in [2.75, 3.05) is 13.1 Å². The zero-order chi connectivity index (χ0) is 22.1. The molecule has 1 aliphatic heterocycles. The van der Waals surface area contributed by atoms with Crippen molar-refractivity contribution in [1.29, 1.82) is 0 Å². The number of rotatable bonds is 6. The lowest BCUT2D eigenvalue weighted by molar-refractivity contribution is -0.131. The van der Waals surface area contributed by atoms with Crippen molar-refractivity contribution in [3.05, 3.63) is 53.4 Å². The summed E-state index contributed by atoms with van der Waals surface area (Å²) >= 11 is 1.58. The number of nitrogens with one attached hydrogen (secondary N) is 2. The molecule has 3 aromatic rings. The average Bonchev–Trinajstić information content (AvgIpc) is 3.54. The van der Waals surface area contributed by atoms with Crippen molar-refractivity contribution < 1.29 is 14.4 Å². The molecule has 4 amide bonds. The van der Waals surface area contributed by atoms with Gasteiger partial charge >= 0.3 is 6.03 Å². The third-order valence-corrected chi connectivity index (χ3v) is 7.17. The molecule has 2 N–H and O–H groups in total. The monoisotopic (exact) mass is 448 g/mol. The van der Waals surface area contributed by atoms with Crippen LogP contribution < -0.4 is 10.6 Å². The molecule has 164 valence electrons. The first kappa shape index (κ1) is 20.6. The zero-order valence-electron chi connectivity index (χ0n) is 17.6.